The quantitative estimate of drug-likeness (QED) is 0.127. The van der Waals surface area contributed by atoms with Gasteiger partial charge in [0.15, 0.2) is 6.29 Å². The Labute approximate surface area is 158 Å². The van der Waals surface area contributed by atoms with Gasteiger partial charge in [-0.2, -0.15) is 0 Å². The standard InChI is InChI=1S/C22H34NO3/c1-2-3-4-5-6-7-8-9-10-11-12-13-16-19-22(23(25)26)20-17-14-15-18-21-24/h6-7,9-10,12-13,19H,2-5,8,11,14-18,20H2,1H3/b7-6-,10-9-,13-12-,22-19+. The minimum absolute atomic E-state index is 0.272. The molecule has 0 aliphatic carbocycles. The Balaban J connectivity index is 3.87. The Morgan fingerprint density at radius 3 is 2.15 bits per heavy atom. The monoisotopic (exact) mass is 360 g/mol. The van der Waals surface area contributed by atoms with Crippen molar-refractivity contribution in [2.45, 2.75) is 84.0 Å². The van der Waals surface area contributed by atoms with Crippen LogP contribution in [0, 0.1) is 10.1 Å². The highest BCUT2D eigenvalue weighted by molar-refractivity contribution is 5.50. The third kappa shape index (κ3) is 16.9. The van der Waals surface area contributed by atoms with Gasteiger partial charge in [0.25, 0.3) is 0 Å². The Kier molecular flexibility index (Phi) is 17.9. The first-order valence-electron chi connectivity index (χ1n) is 9.85. The maximum Gasteiger partial charge on any atom is 0.242 e. The molecule has 0 rings (SSSR count). The largest absolute Gasteiger partial charge is 0.291 e. The van der Waals surface area contributed by atoms with Crippen molar-refractivity contribution < 1.29 is 9.72 Å². The predicted molar refractivity (Wildman–Crippen MR) is 109 cm³/mol. The summed E-state index contributed by atoms with van der Waals surface area (Å²) in [6, 6.07) is 0. The van der Waals surface area contributed by atoms with E-state index < -0.39 is 0 Å². The molecule has 0 N–H and O–H groups in total. The van der Waals surface area contributed by atoms with Gasteiger partial charge in [0.2, 0.25) is 5.70 Å². The van der Waals surface area contributed by atoms with Gasteiger partial charge in [-0.1, -0.05) is 62.6 Å². The molecule has 0 aromatic heterocycles. The number of rotatable bonds is 17. The van der Waals surface area contributed by atoms with E-state index in [0.717, 1.165) is 32.1 Å². The number of carbonyl (C=O) groups excluding carboxylic acids is 1. The minimum Gasteiger partial charge on any atom is -0.291 e. The predicted octanol–water partition coefficient (Wildman–Crippen LogP) is 6.63. The van der Waals surface area contributed by atoms with Crippen molar-refractivity contribution in [3.63, 3.8) is 0 Å². The maximum absolute atomic E-state index is 11.0. The summed E-state index contributed by atoms with van der Waals surface area (Å²) in [5.74, 6) is 0. The van der Waals surface area contributed by atoms with E-state index in [0.29, 0.717) is 19.3 Å². The summed E-state index contributed by atoms with van der Waals surface area (Å²) in [7, 11) is 0. The van der Waals surface area contributed by atoms with Crippen molar-refractivity contribution in [2.75, 3.05) is 0 Å². The Morgan fingerprint density at radius 1 is 0.885 bits per heavy atom. The van der Waals surface area contributed by atoms with Gasteiger partial charge in [0, 0.05) is 12.8 Å². The molecule has 145 valence electrons. The topological polar surface area (TPSA) is 60.2 Å². The Bertz CT molecular complexity index is 476. The molecule has 0 aromatic carbocycles. The molecule has 0 aliphatic rings. The molecule has 0 bridgehead atoms. The van der Waals surface area contributed by atoms with Gasteiger partial charge in [0.1, 0.15) is 0 Å². The molecular formula is C22H34NO3. The number of nitrogens with zero attached hydrogens (tertiary/aromatic N) is 1. The number of hydrogen-bond acceptors (Lipinski definition) is 3. The fourth-order valence-electron chi connectivity index (χ4n) is 2.42. The van der Waals surface area contributed by atoms with Crippen LogP contribution in [0.2, 0.25) is 0 Å². The van der Waals surface area contributed by atoms with Crippen molar-refractivity contribution >= 4 is 6.29 Å². The molecule has 4 nitrogen and oxygen atoms in total. The van der Waals surface area contributed by atoms with E-state index in [1.165, 1.54) is 25.7 Å². The molecule has 0 atom stereocenters. The average Bonchev–Trinajstić information content (AvgIpc) is 2.63. The summed E-state index contributed by atoms with van der Waals surface area (Å²) >= 11 is 0. The van der Waals surface area contributed by atoms with Gasteiger partial charge in [-0.15, -0.1) is 0 Å². The first kappa shape index (κ1) is 24.0. The van der Waals surface area contributed by atoms with Crippen LogP contribution in [0.4, 0.5) is 0 Å². The van der Waals surface area contributed by atoms with Crippen LogP contribution in [0.25, 0.3) is 0 Å². The zero-order valence-electron chi connectivity index (χ0n) is 16.2. The van der Waals surface area contributed by atoms with E-state index in [9.17, 15) is 14.9 Å². The van der Waals surface area contributed by atoms with E-state index in [-0.39, 0.29) is 10.6 Å². The lowest BCUT2D eigenvalue weighted by Gasteiger charge is -1.98. The third-order valence-corrected chi connectivity index (χ3v) is 3.95. The summed E-state index contributed by atoms with van der Waals surface area (Å²) in [5, 5.41) is 11.0. The zero-order valence-corrected chi connectivity index (χ0v) is 16.2. The molecule has 0 saturated carbocycles. The summed E-state index contributed by atoms with van der Waals surface area (Å²) in [6.45, 7) is 2.21. The molecule has 0 unspecified atom stereocenters. The Morgan fingerprint density at radius 2 is 1.54 bits per heavy atom. The third-order valence-electron chi connectivity index (χ3n) is 3.95. The van der Waals surface area contributed by atoms with Gasteiger partial charge >= 0.3 is 0 Å². The fourth-order valence-corrected chi connectivity index (χ4v) is 2.42. The van der Waals surface area contributed by atoms with Crippen molar-refractivity contribution in [2.24, 2.45) is 0 Å². The van der Waals surface area contributed by atoms with Gasteiger partial charge in [-0.3, -0.25) is 14.9 Å². The molecule has 0 aliphatic heterocycles. The van der Waals surface area contributed by atoms with Crippen LogP contribution in [0.3, 0.4) is 0 Å². The lowest BCUT2D eigenvalue weighted by molar-refractivity contribution is -0.428. The Hall–Kier alpha value is -1.97. The van der Waals surface area contributed by atoms with Crippen LogP contribution in [0.1, 0.15) is 84.0 Å². The summed E-state index contributed by atoms with van der Waals surface area (Å²) in [6.07, 6.45) is 26.9. The molecule has 26 heavy (non-hydrogen) atoms. The zero-order chi connectivity index (χ0) is 19.3. The van der Waals surface area contributed by atoms with Crippen LogP contribution in [-0.4, -0.2) is 11.2 Å². The fraction of sp³-hybridized carbons (Fsp3) is 0.591. The van der Waals surface area contributed by atoms with E-state index in [2.05, 4.69) is 31.2 Å². The van der Waals surface area contributed by atoms with E-state index in [1.807, 2.05) is 18.4 Å². The number of unbranched alkanes of at least 4 members (excludes halogenated alkanes) is 6. The van der Waals surface area contributed by atoms with Crippen LogP contribution < -0.4 is 0 Å². The van der Waals surface area contributed by atoms with Gasteiger partial charge in [-0.25, -0.2) is 0 Å². The number of nitro groups is 1. The minimum atomic E-state index is -0.299. The molecule has 0 saturated heterocycles. The first-order valence-corrected chi connectivity index (χ1v) is 9.85. The second-order valence-corrected chi connectivity index (χ2v) is 6.27. The molecular weight excluding hydrogens is 326 g/mol. The number of allylic oxidation sites excluding steroid dienone is 8. The molecule has 0 spiro atoms. The van der Waals surface area contributed by atoms with Gasteiger partial charge in [0.05, 0.1) is 4.92 Å². The smallest absolute Gasteiger partial charge is 0.242 e. The van der Waals surface area contributed by atoms with Gasteiger partial charge < -0.3 is 0 Å². The van der Waals surface area contributed by atoms with Crippen LogP contribution in [-0.2, 0) is 4.79 Å². The molecule has 0 aromatic rings. The highest BCUT2D eigenvalue weighted by atomic mass is 16.6. The van der Waals surface area contributed by atoms with Crippen molar-refractivity contribution in [3.05, 3.63) is 58.3 Å². The SMILES string of the molecule is CCCCC/C=C\C/C=C\C/C=C\C/C=C(\CCCCC[C]=O)[N+](=O)[O-]. The maximum atomic E-state index is 11.0. The van der Waals surface area contributed by atoms with E-state index in [4.69, 9.17) is 0 Å². The van der Waals surface area contributed by atoms with Crippen molar-refractivity contribution in [1.82, 2.24) is 0 Å². The van der Waals surface area contributed by atoms with Crippen LogP contribution in [0.5, 0.6) is 0 Å². The second kappa shape index (κ2) is 19.4. The van der Waals surface area contributed by atoms with Crippen molar-refractivity contribution in [3.8, 4) is 0 Å². The molecule has 1 radical (unpaired) electrons. The summed E-state index contributed by atoms with van der Waals surface area (Å²) < 4.78 is 0. The molecule has 0 heterocycles. The molecule has 4 heteroatoms. The normalized spacial score (nSPS) is 12.6. The summed E-state index contributed by atoms with van der Waals surface area (Å²) in [5.41, 5.74) is 0.272. The highest BCUT2D eigenvalue weighted by Gasteiger charge is 2.08. The lowest BCUT2D eigenvalue weighted by Crippen LogP contribution is -1.98. The lowest BCUT2D eigenvalue weighted by atomic mass is 10.1. The molecule has 0 amide bonds. The van der Waals surface area contributed by atoms with Crippen LogP contribution >= 0.6 is 0 Å². The number of hydrogen-bond donors (Lipinski definition) is 0. The first-order chi connectivity index (χ1) is 12.7. The summed E-state index contributed by atoms with van der Waals surface area (Å²) in [4.78, 5) is 20.8. The van der Waals surface area contributed by atoms with Crippen molar-refractivity contribution in [1.29, 1.82) is 0 Å². The molecule has 0 fully saturated rings. The van der Waals surface area contributed by atoms with Crippen LogP contribution in [0.15, 0.2) is 48.2 Å². The van der Waals surface area contributed by atoms with E-state index in [1.54, 1.807) is 6.08 Å². The van der Waals surface area contributed by atoms with E-state index >= 15 is 0 Å². The average molecular weight is 361 g/mol. The second-order valence-electron chi connectivity index (χ2n) is 6.27. The van der Waals surface area contributed by atoms with Gasteiger partial charge in [-0.05, 0) is 51.0 Å². The highest BCUT2D eigenvalue weighted by Crippen LogP contribution is 2.11.